The highest BCUT2D eigenvalue weighted by Gasteiger charge is 2.51. The number of rotatable bonds is 1. The van der Waals surface area contributed by atoms with Gasteiger partial charge in [0.1, 0.15) is 11.8 Å². The molecule has 18 heavy (non-hydrogen) atoms. The van der Waals surface area contributed by atoms with Crippen molar-refractivity contribution in [1.82, 2.24) is 0 Å². The summed E-state index contributed by atoms with van der Waals surface area (Å²) in [6, 6.07) is 8.46. The number of nitrogens with two attached hydrogens (primary N) is 1. The molecule has 2 N–H and O–H groups in total. The molecule has 0 fully saturated rings. The summed E-state index contributed by atoms with van der Waals surface area (Å²) in [7, 11) is 0. The maximum atomic E-state index is 9.11. The van der Waals surface area contributed by atoms with E-state index in [4.69, 9.17) is 32.0 Å². The third-order valence-corrected chi connectivity index (χ3v) is 2.47. The first-order valence-corrected chi connectivity index (χ1v) is 4.67. The molecule has 1 aliphatic heterocycles. The minimum absolute atomic E-state index is 0.121. The lowest BCUT2D eigenvalue weighted by atomic mass is 9.77. The van der Waals surface area contributed by atoms with E-state index in [1.807, 2.05) is 0 Å². The maximum absolute atomic E-state index is 9.11. The molecule has 1 unspecified atom stereocenters. The van der Waals surface area contributed by atoms with E-state index in [0.29, 0.717) is 0 Å². The van der Waals surface area contributed by atoms with Crippen LogP contribution in [0.25, 0.3) is 0 Å². The Balaban J connectivity index is 3.45. The van der Waals surface area contributed by atoms with Gasteiger partial charge in [-0.15, -0.1) is 0 Å². The van der Waals surface area contributed by atoms with Gasteiger partial charge < -0.3 is 5.73 Å². The number of hydrogen-bond donors (Lipinski definition) is 1. The Morgan fingerprint density at radius 2 is 1.72 bits per heavy atom. The Hall–Kier alpha value is -3.34. The highest BCUT2D eigenvalue weighted by atomic mass is 15.0. The van der Waals surface area contributed by atoms with Crippen molar-refractivity contribution >= 4 is 5.84 Å². The summed E-state index contributed by atoms with van der Waals surface area (Å²) in [5.41, 5.74) is 3.51. The third kappa shape index (κ3) is 1.61. The molecule has 0 aromatic rings. The monoisotopic (exact) mass is 235 g/mol. The molecule has 0 spiro atoms. The second kappa shape index (κ2) is 4.67. The van der Waals surface area contributed by atoms with Crippen molar-refractivity contribution in [1.29, 1.82) is 26.3 Å². The Morgan fingerprint density at radius 3 is 2.11 bits per heavy atom. The largest absolute Gasteiger partial charge is 0.386 e. The van der Waals surface area contributed by atoms with Crippen LogP contribution in [-0.4, -0.2) is 5.84 Å². The smallest absolute Gasteiger partial charge is 0.207 e. The lowest BCUT2D eigenvalue weighted by Gasteiger charge is -2.15. The van der Waals surface area contributed by atoms with Crippen LogP contribution >= 0.6 is 0 Å². The Morgan fingerprint density at radius 1 is 1.17 bits per heavy atom. The fourth-order valence-corrected chi connectivity index (χ4v) is 1.52. The van der Waals surface area contributed by atoms with E-state index in [2.05, 4.69) is 4.99 Å². The molecule has 7 heteroatoms. The first-order chi connectivity index (χ1) is 8.59. The van der Waals surface area contributed by atoms with Gasteiger partial charge in [-0.05, 0) is 6.08 Å². The molecule has 0 amide bonds. The molecule has 1 aliphatic rings. The van der Waals surface area contributed by atoms with Crippen molar-refractivity contribution in [2.45, 2.75) is 0 Å². The summed E-state index contributed by atoms with van der Waals surface area (Å²) in [6.07, 6.45) is 1.08. The summed E-state index contributed by atoms with van der Waals surface area (Å²) in [6.45, 7) is 0. The second-order valence-corrected chi connectivity index (χ2v) is 3.42. The van der Waals surface area contributed by atoms with Gasteiger partial charge in [-0.3, -0.25) is 0 Å². The highest BCUT2D eigenvalue weighted by molar-refractivity contribution is 5.91. The van der Waals surface area contributed by atoms with Gasteiger partial charge >= 0.3 is 0 Å². The van der Waals surface area contributed by atoms with E-state index in [0.717, 1.165) is 6.08 Å². The maximum Gasteiger partial charge on any atom is 0.207 e. The predicted molar refractivity (Wildman–Crippen MR) is 57.2 cm³/mol. The summed E-state index contributed by atoms with van der Waals surface area (Å²) in [4.78, 5) is 3.76. The van der Waals surface area contributed by atoms with Crippen molar-refractivity contribution < 1.29 is 0 Å². The zero-order valence-electron chi connectivity index (χ0n) is 8.99. The molecule has 0 aromatic heterocycles. The molecule has 0 aliphatic carbocycles. The lowest BCUT2D eigenvalue weighted by Crippen LogP contribution is -2.32. The van der Waals surface area contributed by atoms with Gasteiger partial charge in [0.05, 0.1) is 36.0 Å². The summed E-state index contributed by atoms with van der Waals surface area (Å²) < 4.78 is 0. The minimum Gasteiger partial charge on any atom is -0.386 e. The highest BCUT2D eigenvalue weighted by Crippen LogP contribution is 2.41. The number of amidine groups is 1. The molecular weight excluding hydrogens is 230 g/mol. The number of nitrogens with zero attached hydrogens (tertiary/aromatic N) is 6. The van der Waals surface area contributed by atoms with Gasteiger partial charge in [0.15, 0.2) is 5.92 Å². The summed E-state index contributed by atoms with van der Waals surface area (Å²) in [5.74, 6) is -2.52. The summed E-state index contributed by atoms with van der Waals surface area (Å²) >= 11 is 0. The van der Waals surface area contributed by atoms with E-state index in [1.54, 1.807) is 30.3 Å². The fraction of sp³-hybridized carbons (Fsp3) is 0.273. The van der Waals surface area contributed by atoms with E-state index in [9.17, 15) is 0 Å². The van der Waals surface area contributed by atoms with Crippen LogP contribution in [0.1, 0.15) is 0 Å². The molecule has 7 nitrogen and oxygen atoms in total. The van der Waals surface area contributed by atoms with Gasteiger partial charge in [-0.25, -0.2) is 4.99 Å². The Bertz CT molecular complexity index is 607. The predicted octanol–water partition coefficient (Wildman–Crippen LogP) is 0.0778. The zero-order chi connectivity index (χ0) is 13.8. The quantitative estimate of drug-likeness (QED) is 0.677. The zero-order valence-corrected chi connectivity index (χ0v) is 8.99. The Labute approximate surface area is 103 Å². The van der Waals surface area contributed by atoms with Crippen LogP contribution in [0.15, 0.2) is 16.8 Å². The van der Waals surface area contributed by atoms with E-state index in [1.165, 1.54) is 0 Å². The van der Waals surface area contributed by atoms with Crippen LogP contribution < -0.4 is 5.73 Å². The molecule has 1 heterocycles. The van der Waals surface area contributed by atoms with Crippen LogP contribution in [0.5, 0.6) is 0 Å². The SMILES string of the molecule is N#CC(C#N)C=C1N=C(N)C(C#N)C1(C#N)C#N. The van der Waals surface area contributed by atoms with E-state index >= 15 is 0 Å². The van der Waals surface area contributed by atoms with Crippen molar-refractivity contribution in [3.8, 4) is 30.3 Å². The Kier molecular flexibility index (Phi) is 3.30. The van der Waals surface area contributed by atoms with Crippen molar-refractivity contribution in [2.75, 3.05) is 0 Å². The topological polar surface area (TPSA) is 157 Å². The first-order valence-electron chi connectivity index (χ1n) is 4.67. The molecule has 1 rings (SSSR count). The number of aliphatic imine (C=N–C) groups is 1. The second-order valence-electron chi connectivity index (χ2n) is 3.42. The van der Waals surface area contributed by atoms with Crippen LogP contribution in [-0.2, 0) is 0 Å². The molecular formula is C11H5N7. The van der Waals surface area contributed by atoms with Gasteiger partial charge in [0, 0.05) is 0 Å². The van der Waals surface area contributed by atoms with Crippen LogP contribution in [0, 0.1) is 73.9 Å². The first kappa shape index (κ1) is 12.7. The van der Waals surface area contributed by atoms with E-state index < -0.39 is 17.3 Å². The van der Waals surface area contributed by atoms with E-state index in [-0.39, 0.29) is 11.5 Å². The molecule has 1 atom stereocenters. The minimum atomic E-state index is -1.86. The van der Waals surface area contributed by atoms with Gasteiger partial charge in [0.2, 0.25) is 5.41 Å². The molecule has 0 saturated carbocycles. The normalized spacial score (nSPS) is 22.1. The summed E-state index contributed by atoms with van der Waals surface area (Å²) in [5, 5.41) is 44.5. The van der Waals surface area contributed by atoms with Gasteiger partial charge in [0.25, 0.3) is 0 Å². The molecule has 0 bridgehead atoms. The van der Waals surface area contributed by atoms with Gasteiger partial charge in [-0.1, -0.05) is 0 Å². The number of hydrogen-bond acceptors (Lipinski definition) is 7. The average Bonchev–Trinajstić information content (AvgIpc) is 2.67. The van der Waals surface area contributed by atoms with Crippen molar-refractivity contribution in [3.05, 3.63) is 11.8 Å². The van der Waals surface area contributed by atoms with Crippen molar-refractivity contribution in [3.63, 3.8) is 0 Å². The molecule has 0 saturated heterocycles. The lowest BCUT2D eigenvalue weighted by molar-refractivity contribution is 0.576. The average molecular weight is 235 g/mol. The van der Waals surface area contributed by atoms with Crippen LogP contribution in [0.4, 0.5) is 0 Å². The third-order valence-electron chi connectivity index (χ3n) is 2.47. The fourth-order valence-electron chi connectivity index (χ4n) is 1.52. The van der Waals surface area contributed by atoms with Gasteiger partial charge in [-0.2, -0.15) is 26.3 Å². The van der Waals surface area contributed by atoms with Crippen LogP contribution in [0.2, 0.25) is 0 Å². The molecule has 84 valence electrons. The van der Waals surface area contributed by atoms with Crippen LogP contribution in [0.3, 0.4) is 0 Å². The number of allylic oxidation sites excluding steroid dienone is 2. The standard InChI is InChI=1S/C11H5N7/c12-2-7(3-13)1-9-11(5-15,6-16)8(4-14)10(17)18-9/h1,7-8H,(H2,17,18). The molecule has 0 radical (unpaired) electrons. The number of nitriles is 5. The van der Waals surface area contributed by atoms with Crippen molar-refractivity contribution in [2.24, 2.45) is 28.0 Å². The molecule has 0 aromatic carbocycles.